The van der Waals surface area contributed by atoms with Crippen molar-refractivity contribution in [2.24, 2.45) is 22.9 Å². The summed E-state index contributed by atoms with van der Waals surface area (Å²) in [6.45, 7) is 2.47. The van der Waals surface area contributed by atoms with Gasteiger partial charge in [0.1, 0.15) is 0 Å². The van der Waals surface area contributed by atoms with Crippen molar-refractivity contribution in [1.82, 2.24) is 15.0 Å². The highest BCUT2D eigenvalue weighted by atomic mass is 35.5. The van der Waals surface area contributed by atoms with Gasteiger partial charge in [0, 0.05) is 50.3 Å². The highest BCUT2D eigenvalue weighted by Crippen LogP contribution is 2.24. The minimum absolute atomic E-state index is 0.0431. The molecule has 2 aromatic rings. The fraction of sp³-hybridized carbons (Fsp3) is 0.526. The fourth-order valence-corrected chi connectivity index (χ4v) is 4.25. The van der Waals surface area contributed by atoms with Gasteiger partial charge in [-0.2, -0.15) is 15.0 Å². The minimum Gasteiger partial charge on any atom is -0.338 e. The molecule has 0 aliphatic carbocycles. The normalized spacial score (nSPS) is 26.6. The topological polar surface area (TPSA) is 173 Å². The Labute approximate surface area is 186 Å². The summed E-state index contributed by atoms with van der Waals surface area (Å²) in [5.74, 6) is 1.36. The molecular weight excluding hydrogens is 418 g/mol. The van der Waals surface area contributed by atoms with Gasteiger partial charge < -0.3 is 32.7 Å². The summed E-state index contributed by atoms with van der Waals surface area (Å²) in [7, 11) is 0. The second-order valence-electron chi connectivity index (χ2n) is 8.31. The third-order valence-corrected chi connectivity index (χ3v) is 5.72. The molecule has 4 atom stereocenters. The first-order valence-corrected chi connectivity index (χ1v) is 10.8. The van der Waals surface area contributed by atoms with Crippen molar-refractivity contribution < 1.29 is 0 Å². The van der Waals surface area contributed by atoms with Crippen LogP contribution in [0.25, 0.3) is 0 Å². The van der Waals surface area contributed by atoms with Crippen molar-refractivity contribution in [3.05, 3.63) is 29.3 Å². The summed E-state index contributed by atoms with van der Waals surface area (Å²) in [5.41, 5.74) is 31.5. The number of aromatic nitrogens is 3. The number of rotatable bonds is 5. The molecule has 0 amide bonds. The number of nitrogens with two attached hydrogens (primary N) is 4. The molecule has 1 aromatic heterocycles. The van der Waals surface area contributed by atoms with Gasteiger partial charge in [0.15, 0.2) is 0 Å². The van der Waals surface area contributed by atoms with Crippen LogP contribution < -0.4 is 43.6 Å². The molecule has 168 valence electrons. The molecule has 0 bridgehead atoms. The lowest BCUT2D eigenvalue weighted by Crippen LogP contribution is -2.54. The molecule has 4 rings (SSSR count). The standard InChI is InChI=1S/C19H30ClN11/c20-15-3-1-2-4-16(15)28-29-17-25-18(30-7-11(21)5-12(22)8-30)27-19(26-17)31-9-13(23)6-14(24)10-31/h1-4,11-14,28H,5-10,21-24H2,(H,25,26,27,29)/t11-,12+,13-,14+. The van der Waals surface area contributed by atoms with E-state index in [9.17, 15) is 0 Å². The van der Waals surface area contributed by atoms with Gasteiger partial charge in [0.05, 0.1) is 10.7 Å². The average molecular weight is 448 g/mol. The first-order valence-electron chi connectivity index (χ1n) is 10.4. The van der Waals surface area contributed by atoms with Gasteiger partial charge >= 0.3 is 0 Å². The number of piperidine rings is 2. The zero-order valence-electron chi connectivity index (χ0n) is 17.3. The molecule has 0 saturated carbocycles. The van der Waals surface area contributed by atoms with E-state index in [4.69, 9.17) is 39.5 Å². The maximum atomic E-state index is 6.23. The van der Waals surface area contributed by atoms with Crippen molar-refractivity contribution >= 4 is 35.1 Å². The number of hydrogen-bond donors (Lipinski definition) is 6. The third-order valence-electron chi connectivity index (χ3n) is 5.39. The van der Waals surface area contributed by atoms with Gasteiger partial charge in [0.25, 0.3) is 0 Å². The Morgan fingerprint density at radius 1 is 0.742 bits per heavy atom. The molecule has 12 heteroatoms. The maximum Gasteiger partial charge on any atom is 0.248 e. The molecule has 1 aromatic carbocycles. The summed E-state index contributed by atoms with van der Waals surface area (Å²) in [4.78, 5) is 17.9. The predicted octanol–water partition coefficient (Wildman–Crippen LogP) is -0.307. The Morgan fingerprint density at radius 3 is 1.71 bits per heavy atom. The van der Waals surface area contributed by atoms with Crippen molar-refractivity contribution in [2.75, 3.05) is 46.8 Å². The Balaban J connectivity index is 1.62. The number of hydrazine groups is 1. The highest BCUT2D eigenvalue weighted by molar-refractivity contribution is 6.33. The van der Waals surface area contributed by atoms with E-state index in [2.05, 4.69) is 20.8 Å². The molecule has 31 heavy (non-hydrogen) atoms. The second kappa shape index (κ2) is 9.37. The Bertz CT molecular complexity index is 833. The number of benzene rings is 1. The Hall–Kier alpha value is -2.44. The van der Waals surface area contributed by atoms with Crippen LogP contribution in [0, 0.1) is 0 Å². The molecule has 11 nitrogen and oxygen atoms in total. The number of nitrogens with zero attached hydrogens (tertiary/aromatic N) is 5. The molecule has 2 fully saturated rings. The van der Waals surface area contributed by atoms with E-state index >= 15 is 0 Å². The van der Waals surface area contributed by atoms with Crippen LogP contribution in [0.3, 0.4) is 0 Å². The first kappa shape index (κ1) is 21.8. The number of anilines is 4. The zero-order chi connectivity index (χ0) is 22.0. The quantitative estimate of drug-likeness (QED) is 0.332. The van der Waals surface area contributed by atoms with Crippen molar-refractivity contribution in [2.45, 2.75) is 37.0 Å². The molecule has 10 N–H and O–H groups in total. The van der Waals surface area contributed by atoms with Gasteiger partial charge in [-0.25, -0.2) is 0 Å². The van der Waals surface area contributed by atoms with Crippen molar-refractivity contribution in [3.63, 3.8) is 0 Å². The van der Waals surface area contributed by atoms with E-state index < -0.39 is 0 Å². The Morgan fingerprint density at radius 2 is 1.23 bits per heavy atom. The molecule has 2 aliphatic rings. The number of para-hydroxylation sites is 1. The first-order chi connectivity index (χ1) is 14.9. The third kappa shape index (κ3) is 5.43. The Kier molecular flexibility index (Phi) is 6.58. The maximum absolute atomic E-state index is 6.23. The van der Waals surface area contributed by atoms with Crippen LogP contribution in [0.1, 0.15) is 12.8 Å². The van der Waals surface area contributed by atoms with Crippen LogP contribution >= 0.6 is 11.6 Å². The lowest BCUT2D eigenvalue weighted by molar-refractivity contribution is 0.441. The summed E-state index contributed by atoms with van der Waals surface area (Å²) in [6, 6.07) is 7.21. The monoisotopic (exact) mass is 447 g/mol. The van der Waals surface area contributed by atoms with Gasteiger partial charge in [0.2, 0.25) is 17.8 Å². The van der Waals surface area contributed by atoms with Crippen LogP contribution in [0.2, 0.25) is 5.02 Å². The van der Waals surface area contributed by atoms with Crippen molar-refractivity contribution in [1.29, 1.82) is 0 Å². The molecule has 3 heterocycles. The predicted molar refractivity (Wildman–Crippen MR) is 124 cm³/mol. The van der Waals surface area contributed by atoms with Crippen LogP contribution in [-0.4, -0.2) is 65.3 Å². The van der Waals surface area contributed by atoms with E-state index in [-0.39, 0.29) is 24.2 Å². The molecule has 0 radical (unpaired) electrons. The fourth-order valence-electron chi connectivity index (χ4n) is 4.06. The minimum atomic E-state index is -0.0431. The number of halogens is 1. The lowest BCUT2D eigenvalue weighted by Gasteiger charge is -2.37. The van der Waals surface area contributed by atoms with E-state index in [1.807, 2.05) is 28.0 Å². The molecule has 2 saturated heterocycles. The average Bonchev–Trinajstić information content (AvgIpc) is 2.71. The summed E-state index contributed by atoms with van der Waals surface area (Å²) < 4.78 is 0. The van der Waals surface area contributed by atoms with Gasteiger partial charge in [-0.1, -0.05) is 23.7 Å². The van der Waals surface area contributed by atoms with Crippen LogP contribution in [0.15, 0.2) is 24.3 Å². The largest absolute Gasteiger partial charge is 0.338 e. The molecule has 0 spiro atoms. The molecule has 2 aliphatic heterocycles. The molecule has 0 unspecified atom stereocenters. The van der Waals surface area contributed by atoms with E-state index in [0.717, 1.165) is 12.8 Å². The number of hydrogen-bond acceptors (Lipinski definition) is 11. The lowest BCUT2D eigenvalue weighted by atomic mass is 10.0. The van der Waals surface area contributed by atoms with E-state index in [0.29, 0.717) is 54.7 Å². The summed E-state index contributed by atoms with van der Waals surface area (Å²) >= 11 is 6.23. The van der Waals surface area contributed by atoms with E-state index in [1.54, 1.807) is 6.07 Å². The van der Waals surface area contributed by atoms with Gasteiger partial charge in [-0.05, 0) is 25.0 Å². The second-order valence-corrected chi connectivity index (χ2v) is 8.72. The van der Waals surface area contributed by atoms with Crippen LogP contribution in [-0.2, 0) is 0 Å². The van der Waals surface area contributed by atoms with Gasteiger partial charge in [-0.15, -0.1) is 0 Å². The van der Waals surface area contributed by atoms with Gasteiger partial charge in [-0.3, -0.25) is 10.9 Å². The van der Waals surface area contributed by atoms with Crippen LogP contribution in [0.5, 0.6) is 0 Å². The van der Waals surface area contributed by atoms with Crippen molar-refractivity contribution in [3.8, 4) is 0 Å². The zero-order valence-corrected chi connectivity index (χ0v) is 18.0. The smallest absolute Gasteiger partial charge is 0.248 e. The van der Waals surface area contributed by atoms with Crippen LogP contribution in [0.4, 0.5) is 23.5 Å². The summed E-state index contributed by atoms with van der Waals surface area (Å²) in [6.07, 6.45) is 1.53. The molecular formula is C19H30ClN11. The van der Waals surface area contributed by atoms with E-state index in [1.165, 1.54) is 0 Å². The number of nitrogens with one attached hydrogen (secondary N) is 2. The highest BCUT2D eigenvalue weighted by Gasteiger charge is 2.28. The SMILES string of the molecule is N[C@@H]1C[C@H](N)CN(c2nc(NNc3ccccc3Cl)nc(N3C[C@H](N)C[C@H](N)C3)n2)C1. The summed E-state index contributed by atoms with van der Waals surface area (Å²) in [5, 5.41) is 0.574.